The van der Waals surface area contributed by atoms with E-state index in [1.807, 2.05) is 72.2 Å². The van der Waals surface area contributed by atoms with Gasteiger partial charge >= 0.3 is 0 Å². The summed E-state index contributed by atoms with van der Waals surface area (Å²) in [5.41, 5.74) is 3.83. The third-order valence-electron chi connectivity index (χ3n) is 4.91. The van der Waals surface area contributed by atoms with Gasteiger partial charge in [0, 0.05) is 30.1 Å². The number of nitrogens with zero attached hydrogens (tertiary/aromatic N) is 4. The van der Waals surface area contributed by atoms with Gasteiger partial charge in [0.25, 0.3) is 0 Å². The Labute approximate surface area is 190 Å². The van der Waals surface area contributed by atoms with E-state index in [2.05, 4.69) is 20.5 Å². The molecule has 4 rings (SSSR count). The Hall–Kier alpha value is -3.65. The van der Waals surface area contributed by atoms with Crippen LogP contribution in [0.1, 0.15) is 11.1 Å². The molecule has 7 nitrogen and oxygen atoms in total. The number of hydrogen-bond donors (Lipinski definition) is 1. The standard InChI is InChI=1S/C24H23N5O2S/c1-17-8-3-5-11-20(17)29-23(19-10-7-13-25-14-19)27-28-24(29)32-16-22(30)26-15-18-9-4-6-12-21(18)31-2/h3-14H,15-16H2,1-2H3,(H,26,30). The molecule has 2 aromatic carbocycles. The highest BCUT2D eigenvalue weighted by molar-refractivity contribution is 7.99. The fraction of sp³-hybridized carbons (Fsp3) is 0.167. The van der Waals surface area contributed by atoms with E-state index < -0.39 is 0 Å². The van der Waals surface area contributed by atoms with Crippen molar-refractivity contribution >= 4 is 17.7 Å². The SMILES string of the molecule is COc1ccccc1CNC(=O)CSc1nnc(-c2cccnc2)n1-c1ccccc1C. The maximum absolute atomic E-state index is 12.5. The van der Waals surface area contributed by atoms with Gasteiger partial charge in [-0.2, -0.15) is 0 Å². The fourth-order valence-corrected chi connectivity index (χ4v) is 4.08. The molecule has 0 bridgehead atoms. The summed E-state index contributed by atoms with van der Waals surface area (Å²) in [4.78, 5) is 16.7. The lowest BCUT2D eigenvalue weighted by atomic mass is 10.2. The average Bonchev–Trinajstić information content (AvgIpc) is 3.26. The summed E-state index contributed by atoms with van der Waals surface area (Å²) < 4.78 is 7.32. The quantitative estimate of drug-likeness (QED) is 0.412. The fourth-order valence-electron chi connectivity index (χ4n) is 3.30. The van der Waals surface area contributed by atoms with Crippen LogP contribution in [0.2, 0.25) is 0 Å². The third-order valence-corrected chi connectivity index (χ3v) is 5.84. The molecule has 1 N–H and O–H groups in total. The number of ether oxygens (including phenoxy) is 1. The lowest BCUT2D eigenvalue weighted by molar-refractivity contribution is -0.118. The van der Waals surface area contributed by atoms with Crippen LogP contribution in [0.4, 0.5) is 0 Å². The van der Waals surface area contributed by atoms with Gasteiger partial charge in [0.1, 0.15) is 5.75 Å². The van der Waals surface area contributed by atoms with E-state index in [0.29, 0.717) is 17.5 Å². The highest BCUT2D eigenvalue weighted by Gasteiger charge is 2.18. The van der Waals surface area contributed by atoms with Crippen LogP contribution < -0.4 is 10.1 Å². The Morgan fingerprint density at radius 1 is 1.06 bits per heavy atom. The zero-order valence-electron chi connectivity index (χ0n) is 17.9. The van der Waals surface area contributed by atoms with E-state index in [4.69, 9.17) is 4.74 Å². The molecule has 8 heteroatoms. The summed E-state index contributed by atoms with van der Waals surface area (Å²) in [5, 5.41) is 12.4. The summed E-state index contributed by atoms with van der Waals surface area (Å²) in [5.74, 6) is 1.56. The van der Waals surface area contributed by atoms with Crippen LogP contribution in [0, 0.1) is 6.92 Å². The van der Waals surface area contributed by atoms with Crippen LogP contribution in [0.3, 0.4) is 0 Å². The Balaban J connectivity index is 1.53. The second kappa shape index (κ2) is 10.1. The van der Waals surface area contributed by atoms with E-state index in [1.165, 1.54) is 11.8 Å². The molecular formula is C24H23N5O2S. The lowest BCUT2D eigenvalue weighted by Crippen LogP contribution is -2.25. The van der Waals surface area contributed by atoms with E-state index in [0.717, 1.165) is 28.1 Å². The van der Waals surface area contributed by atoms with E-state index in [9.17, 15) is 4.79 Å². The molecule has 0 aliphatic rings. The van der Waals surface area contributed by atoms with Crippen LogP contribution in [-0.4, -0.2) is 38.5 Å². The van der Waals surface area contributed by atoms with Crippen molar-refractivity contribution in [2.75, 3.05) is 12.9 Å². The van der Waals surface area contributed by atoms with Gasteiger partial charge in [0.15, 0.2) is 11.0 Å². The zero-order chi connectivity index (χ0) is 22.3. The molecule has 0 aliphatic heterocycles. The van der Waals surface area contributed by atoms with E-state index in [1.54, 1.807) is 19.5 Å². The van der Waals surface area contributed by atoms with Crippen molar-refractivity contribution < 1.29 is 9.53 Å². The maximum atomic E-state index is 12.5. The van der Waals surface area contributed by atoms with Crippen molar-refractivity contribution in [3.63, 3.8) is 0 Å². The first-order chi connectivity index (χ1) is 15.7. The number of amides is 1. The summed E-state index contributed by atoms with van der Waals surface area (Å²) in [6.07, 6.45) is 3.48. The summed E-state index contributed by atoms with van der Waals surface area (Å²) in [6.45, 7) is 2.44. The first-order valence-corrected chi connectivity index (χ1v) is 11.1. The number of carbonyl (C=O) groups is 1. The number of pyridine rings is 1. The van der Waals surface area contributed by atoms with Crippen LogP contribution in [-0.2, 0) is 11.3 Å². The molecule has 1 amide bonds. The van der Waals surface area contributed by atoms with Crippen molar-refractivity contribution in [1.29, 1.82) is 0 Å². The number of benzene rings is 2. The Kier molecular flexibility index (Phi) is 6.81. The third kappa shape index (κ3) is 4.81. The van der Waals surface area contributed by atoms with Crippen LogP contribution in [0.15, 0.2) is 78.2 Å². The molecule has 0 fully saturated rings. The molecular weight excluding hydrogens is 422 g/mol. The first kappa shape index (κ1) is 21.6. The number of para-hydroxylation sites is 2. The predicted octanol–water partition coefficient (Wildman–Crippen LogP) is 4.05. The number of thioether (sulfide) groups is 1. The maximum Gasteiger partial charge on any atom is 0.230 e. The molecule has 4 aromatic rings. The van der Waals surface area contributed by atoms with Crippen molar-refractivity contribution in [3.05, 3.63) is 84.2 Å². The molecule has 0 radical (unpaired) electrons. The molecule has 0 saturated carbocycles. The van der Waals surface area contributed by atoms with Crippen molar-refractivity contribution in [2.24, 2.45) is 0 Å². The summed E-state index contributed by atoms with van der Waals surface area (Å²) in [7, 11) is 1.62. The Bertz CT molecular complexity index is 1210. The molecule has 0 atom stereocenters. The molecule has 2 heterocycles. The van der Waals surface area contributed by atoms with Gasteiger partial charge in [0.05, 0.1) is 18.6 Å². The van der Waals surface area contributed by atoms with Crippen molar-refractivity contribution in [2.45, 2.75) is 18.6 Å². The number of methoxy groups -OCH3 is 1. The first-order valence-electron chi connectivity index (χ1n) is 10.1. The molecule has 0 saturated heterocycles. The molecule has 0 unspecified atom stereocenters. The number of hydrogen-bond acceptors (Lipinski definition) is 6. The minimum absolute atomic E-state index is 0.0943. The lowest BCUT2D eigenvalue weighted by Gasteiger charge is -2.13. The predicted molar refractivity (Wildman–Crippen MR) is 125 cm³/mol. The monoisotopic (exact) mass is 445 g/mol. The Morgan fingerprint density at radius 3 is 2.66 bits per heavy atom. The second-order valence-corrected chi connectivity index (χ2v) is 7.99. The number of carbonyl (C=O) groups excluding carboxylic acids is 1. The van der Waals surface area contributed by atoms with Gasteiger partial charge in [-0.1, -0.05) is 48.2 Å². The highest BCUT2D eigenvalue weighted by Crippen LogP contribution is 2.29. The normalized spacial score (nSPS) is 10.7. The number of rotatable bonds is 8. The van der Waals surface area contributed by atoms with E-state index >= 15 is 0 Å². The molecule has 0 spiro atoms. The number of aromatic nitrogens is 4. The van der Waals surface area contributed by atoms with Gasteiger partial charge in [-0.3, -0.25) is 14.3 Å². The largest absolute Gasteiger partial charge is 0.496 e. The summed E-state index contributed by atoms with van der Waals surface area (Å²) >= 11 is 1.34. The molecule has 2 aromatic heterocycles. The smallest absolute Gasteiger partial charge is 0.230 e. The van der Waals surface area contributed by atoms with Gasteiger partial charge in [-0.25, -0.2) is 0 Å². The zero-order valence-corrected chi connectivity index (χ0v) is 18.7. The molecule has 162 valence electrons. The minimum atomic E-state index is -0.0943. The van der Waals surface area contributed by atoms with Gasteiger partial charge in [0.2, 0.25) is 5.91 Å². The minimum Gasteiger partial charge on any atom is -0.496 e. The topological polar surface area (TPSA) is 81.9 Å². The van der Waals surface area contributed by atoms with Crippen molar-refractivity contribution in [1.82, 2.24) is 25.1 Å². The van der Waals surface area contributed by atoms with Gasteiger partial charge in [-0.15, -0.1) is 10.2 Å². The summed E-state index contributed by atoms with van der Waals surface area (Å²) in [6, 6.07) is 19.5. The average molecular weight is 446 g/mol. The van der Waals surface area contributed by atoms with E-state index in [-0.39, 0.29) is 11.7 Å². The van der Waals surface area contributed by atoms with Crippen LogP contribution >= 0.6 is 11.8 Å². The van der Waals surface area contributed by atoms with Gasteiger partial charge < -0.3 is 10.1 Å². The Morgan fingerprint density at radius 2 is 1.88 bits per heavy atom. The van der Waals surface area contributed by atoms with Crippen LogP contribution in [0.25, 0.3) is 17.1 Å². The molecule has 0 aliphatic carbocycles. The highest BCUT2D eigenvalue weighted by atomic mass is 32.2. The van der Waals surface area contributed by atoms with Gasteiger partial charge in [-0.05, 0) is 36.8 Å². The number of nitrogens with one attached hydrogen (secondary N) is 1. The second-order valence-electron chi connectivity index (χ2n) is 7.05. The molecule has 32 heavy (non-hydrogen) atoms. The number of aryl methyl sites for hydroxylation is 1. The van der Waals surface area contributed by atoms with Crippen LogP contribution in [0.5, 0.6) is 5.75 Å². The van der Waals surface area contributed by atoms with Crippen molar-refractivity contribution in [3.8, 4) is 22.8 Å².